The van der Waals surface area contributed by atoms with Gasteiger partial charge in [-0.15, -0.1) is 16.8 Å². The number of hydrogen-bond acceptors (Lipinski definition) is 6. The summed E-state index contributed by atoms with van der Waals surface area (Å²) >= 11 is 1.36. The standard InChI is InChI=1S/C20H26FN5O2S/c1-3-8-22-19(27)15(2)29-20-24-23-18(16-4-6-17(21)7-5-16)26(20)10-9-25-11-13-28-14-12-25/h3-7,15H,1,8-14H2,2H3,(H,22,27)/t15-/m0/s1. The highest BCUT2D eigenvalue weighted by molar-refractivity contribution is 8.00. The van der Waals surface area contributed by atoms with E-state index in [1.54, 1.807) is 18.2 Å². The minimum atomic E-state index is -0.331. The van der Waals surface area contributed by atoms with Gasteiger partial charge in [0.2, 0.25) is 5.91 Å². The largest absolute Gasteiger partial charge is 0.379 e. The van der Waals surface area contributed by atoms with Crippen LogP contribution in [-0.4, -0.2) is 70.2 Å². The fraction of sp³-hybridized carbons (Fsp3) is 0.450. The van der Waals surface area contributed by atoms with Gasteiger partial charge in [-0.1, -0.05) is 17.8 Å². The molecule has 0 aliphatic carbocycles. The van der Waals surface area contributed by atoms with Gasteiger partial charge in [0.15, 0.2) is 11.0 Å². The van der Waals surface area contributed by atoms with Crippen LogP contribution in [0.1, 0.15) is 6.92 Å². The first-order valence-electron chi connectivity index (χ1n) is 9.63. The maximum atomic E-state index is 13.3. The van der Waals surface area contributed by atoms with E-state index < -0.39 is 0 Å². The molecule has 2 aromatic rings. The summed E-state index contributed by atoms with van der Waals surface area (Å²) in [5, 5.41) is 11.8. The van der Waals surface area contributed by atoms with Crippen LogP contribution in [0.3, 0.4) is 0 Å². The number of aromatic nitrogens is 3. The first-order valence-corrected chi connectivity index (χ1v) is 10.5. The molecule has 0 unspecified atom stereocenters. The third-order valence-corrected chi connectivity index (χ3v) is 5.72. The number of ether oxygens (including phenoxy) is 1. The number of amides is 1. The molecule has 7 nitrogen and oxygen atoms in total. The van der Waals surface area contributed by atoms with Gasteiger partial charge < -0.3 is 14.6 Å². The van der Waals surface area contributed by atoms with Crippen molar-refractivity contribution >= 4 is 17.7 Å². The van der Waals surface area contributed by atoms with E-state index >= 15 is 0 Å². The van der Waals surface area contributed by atoms with E-state index in [0.29, 0.717) is 24.1 Å². The van der Waals surface area contributed by atoms with Crippen LogP contribution in [0, 0.1) is 5.82 Å². The molecule has 1 amide bonds. The van der Waals surface area contributed by atoms with Gasteiger partial charge in [-0.05, 0) is 31.2 Å². The van der Waals surface area contributed by atoms with Gasteiger partial charge in [-0.3, -0.25) is 9.69 Å². The second-order valence-electron chi connectivity index (χ2n) is 6.71. The molecule has 156 valence electrons. The van der Waals surface area contributed by atoms with Crippen LogP contribution < -0.4 is 5.32 Å². The second-order valence-corrected chi connectivity index (χ2v) is 8.02. The van der Waals surface area contributed by atoms with Crippen LogP contribution in [-0.2, 0) is 16.1 Å². The summed E-state index contributed by atoms with van der Waals surface area (Å²) in [5.74, 6) is 0.288. The Bertz CT molecular complexity index is 821. The molecule has 9 heteroatoms. The molecule has 29 heavy (non-hydrogen) atoms. The zero-order chi connectivity index (χ0) is 20.6. The van der Waals surface area contributed by atoms with Crippen molar-refractivity contribution in [3.05, 3.63) is 42.7 Å². The number of carbonyl (C=O) groups excluding carboxylic acids is 1. The van der Waals surface area contributed by atoms with Crippen LogP contribution in [0.4, 0.5) is 4.39 Å². The first kappa shape index (κ1) is 21.5. The Hall–Kier alpha value is -2.23. The summed E-state index contributed by atoms with van der Waals surface area (Å²) in [5.41, 5.74) is 0.788. The summed E-state index contributed by atoms with van der Waals surface area (Å²) in [6.07, 6.45) is 1.65. The molecule has 1 saturated heterocycles. The molecule has 0 radical (unpaired) electrons. The van der Waals surface area contributed by atoms with Crippen LogP contribution in [0.5, 0.6) is 0 Å². The molecule has 1 aromatic carbocycles. The molecule has 3 rings (SSSR count). The maximum absolute atomic E-state index is 13.3. The van der Waals surface area contributed by atoms with Gasteiger partial charge >= 0.3 is 0 Å². The molecule has 0 spiro atoms. The number of nitrogens with one attached hydrogen (secondary N) is 1. The fourth-order valence-electron chi connectivity index (χ4n) is 2.98. The molecule has 1 aliphatic heterocycles. The van der Waals surface area contributed by atoms with Gasteiger partial charge in [0.25, 0.3) is 0 Å². The monoisotopic (exact) mass is 419 g/mol. The highest BCUT2D eigenvalue weighted by Crippen LogP contribution is 2.27. The van der Waals surface area contributed by atoms with Crippen LogP contribution in [0.15, 0.2) is 42.1 Å². The van der Waals surface area contributed by atoms with E-state index in [4.69, 9.17) is 4.74 Å². The van der Waals surface area contributed by atoms with E-state index in [2.05, 4.69) is 27.0 Å². The highest BCUT2D eigenvalue weighted by Gasteiger charge is 2.21. The fourth-order valence-corrected chi connectivity index (χ4v) is 3.88. The number of morpholine rings is 1. The molecule has 0 bridgehead atoms. The molecular weight excluding hydrogens is 393 g/mol. The molecular formula is C20H26FN5O2S. The minimum absolute atomic E-state index is 0.0824. The van der Waals surface area contributed by atoms with Crippen molar-refractivity contribution in [3.8, 4) is 11.4 Å². The molecule has 2 heterocycles. The van der Waals surface area contributed by atoms with Crippen LogP contribution >= 0.6 is 11.8 Å². The maximum Gasteiger partial charge on any atom is 0.233 e. The predicted octanol–water partition coefficient (Wildman–Crippen LogP) is 2.20. The van der Waals surface area contributed by atoms with Gasteiger partial charge in [0.1, 0.15) is 5.82 Å². The Morgan fingerprint density at radius 1 is 1.31 bits per heavy atom. The molecule has 1 fully saturated rings. The lowest BCUT2D eigenvalue weighted by molar-refractivity contribution is -0.120. The van der Waals surface area contributed by atoms with Gasteiger partial charge in [0.05, 0.1) is 18.5 Å². The molecule has 1 aromatic heterocycles. The topological polar surface area (TPSA) is 72.3 Å². The SMILES string of the molecule is C=CCNC(=O)[C@H](C)Sc1nnc(-c2ccc(F)cc2)n1CCN1CCOCC1. The van der Waals surface area contributed by atoms with Crippen molar-refractivity contribution in [2.24, 2.45) is 0 Å². The summed E-state index contributed by atoms with van der Waals surface area (Å²) in [6.45, 7) is 10.6. The van der Waals surface area contributed by atoms with Gasteiger partial charge in [-0.25, -0.2) is 4.39 Å². The van der Waals surface area contributed by atoms with E-state index in [1.807, 2.05) is 11.5 Å². The van der Waals surface area contributed by atoms with Crippen molar-refractivity contribution in [2.45, 2.75) is 23.9 Å². The number of halogens is 1. The summed E-state index contributed by atoms with van der Waals surface area (Å²) in [7, 11) is 0. The minimum Gasteiger partial charge on any atom is -0.379 e. The average molecular weight is 420 g/mol. The highest BCUT2D eigenvalue weighted by atomic mass is 32.2. The lowest BCUT2D eigenvalue weighted by Crippen LogP contribution is -2.38. The lowest BCUT2D eigenvalue weighted by atomic mass is 10.2. The molecule has 1 atom stereocenters. The van der Waals surface area contributed by atoms with Crippen molar-refractivity contribution in [1.29, 1.82) is 0 Å². The number of rotatable bonds is 9. The van der Waals surface area contributed by atoms with E-state index in [9.17, 15) is 9.18 Å². The van der Waals surface area contributed by atoms with Gasteiger partial charge in [-0.2, -0.15) is 0 Å². The third kappa shape index (κ3) is 5.88. The van der Waals surface area contributed by atoms with Crippen molar-refractivity contribution in [3.63, 3.8) is 0 Å². The van der Waals surface area contributed by atoms with E-state index in [-0.39, 0.29) is 17.0 Å². The molecule has 1 aliphatic rings. The third-order valence-electron chi connectivity index (χ3n) is 4.63. The quantitative estimate of drug-likeness (QED) is 0.496. The summed E-state index contributed by atoms with van der Waals surface area (Å²) in [6, 6.07) is 6.21. The number of thioether (sulfide) groups is 1. The lowest BCUT2D eigenvalue weighted by Gasteiger charge is -2.27. The summed E-state index contributed by atoms with van der Waals surface area (Å²) in [4.78, 5) is 14.6. The van der Waals surface area contributed by atoms with E-state index in [0.717, 1.165) is 38.4 Å². The Morgan fingerprint density at radius 2 is 2.03 bits per heavy atom. The molecule has 1 N–H and O–H groups in total. The van der Waals surface area contributed by atoms with Crippen molar-refractivity contribution in [2.75, 3.05) is 39.4 Å². The predicted molar refractivity (Wildman–Crippen MR) is 111 cm³/mol. The Balaban J connectivity index is 1.79. The number of nitrogens with zero attached hydrogens (tertiary/aromatic N) is 4. The number of carbonyl (C=O) groups is 1. The van der Waals surface area contributed by atoms with Crippen molar-refractivity contribution in [1.82, 2.24) is 25.0 Å². The van der Waals surface area contributed by atoms with Gasteiger partial charge in [0, 0.05) is 38.3 Å². The summed E-state index contributed by atoms with van der Waals surface area (Å²) < 4.78 is 20.8. The normalized spacial score (nSPS) is 15.8. The number of benzene rings is 1. The zero-order valence-electron chi connectivity index (χ0n) is 16.5. The Kier molecular flexibility index (Phi) is 7.79. The van der Waals surface area contributed by atoms with Crippen molar-refractivity contribution < 1.29 is 13.9 Å². The smallest absolute Gasteiger partial charge is 0.233 e. The average Bonchev–Trinajstić information content (AvgIpc) is 3.14. The van der Waals surface area contributed by atoms with E-state index in [1.165, 1.54) is 23.9 Å². The Morgan fingerprint density at radius 3 is 2.72 bits per heavy atom. The Labute approximate surface area is 174 Å². The number of hydrogen-bond donors (Lipinski definition) is 1. The zero-order valence-corrected chi connectivity index (χ0v) is 17.3. The second kappa shape index (κ2) is 10.5. The van der Waals surface area contributed by atoms with Crippen LogP contribution in [0.2, 0.25) is 0 Å². The van der Waals surface area contributed by atoms with Crippen LogP contribution in [0.25, 0.3) is 11.4 Å². The molecule has 0 saturated carbocycles. The first-order chi connectivity index (χ1) is 14.1.